The number of hydrogen-bond acceptors (Lipinski definition) is 3. The summed E-state index contributed by atoms with van der Waals surface area (Å²) >= 11 is 0. The molecule has 0 spiro atoms. The zero-order valence-electron chi connectivity index (χ0n) is 9.27. The fourth-order valence-electron chi connectivity index (χ4n) is 2.02. The van der Waals surface area contributed by atoms with Crippen LogP contribution in [0.4, 0.5) is 0 Å². The van der Waals surface area contributed by atoms with Gasteiger partial charge < -0.3 is 9.15 Å². The molecule has 1 heterocycles. The average molecular weight is 226 g/mol. The second kappa shape index (κ2) is 3.63. The Labute approximate surface area is 97.2 Å². The molecule has 0 amide bonds. The first-order valence-corrected chi connectivity index (χ1v) is 5.28. The number of benzene rings is 2. The van der Waals surface area contributed by atoms with Gasteiger partial charge in [0, 0.05) is 0 Å². The molecule has 3 heteroatoms. The molecule has 0 N–H and O–H groups in total. The molecule has 0 unspecified atom stereocenters. The van der Waals surface area contributed by atoms with Crippen molar-refractivity contribution in [3.63, 3.8) is 0 Å². The number of methoxy groups -OCH3 is 1. The van der Waals surface area contributed by atoms with Crippen molar-refractivity contribution in [1.29, 1.82) is 0 Å². The quantitative estimate of drug-likeness (QED) is 0.599. The molecule has 2 aromatic carbocycles. The molecule has 0 bridgehead atoms. The summed E-state index contributed by atoms with van der Waals surface area (Å²) in [6.45, 7) is 0. The molecule has 0 aliphatic heterocycles. The minimum Gasteiger partial charge on any atom is -0.490 e. The highest BCUT2D eigenvalue weighted by atomic mass is 16.5. The molecule has 0 radical (unpaired) electrons. The summed E-state index contributed by atoms with van der Waals surface area (Å²) in [5, 5.41) is 2.47. The lowest BCUT2D eigenvalue weighted by Crippen LogP contribution is -2.05. The van der Waals surface area contributed by atoms with Crippen LogP contribution in [0.5, 0.6) is 5.75 Å². The lowest BCUT2D eigenvalue weighted by Gasteiger charge is -2.04. The lowest BCUT2D eigenvalue weighted by atomic mass is 10.1. The van der Waals surface area contributed by atoms with Crippen molar-refractivity contribution in [2.24, 2.45) is 0 Å². The molecule has 17 heavy (non-hydrogen) atoms. The van der Waals surface area contributed by atoms with Crippen molar-refractivity contribution in [2.75, 3.05) is 7.11 Å². The Morgan fingerprint density at radius 1 is 1.12 bits per heavy atom. The van der Waals surface area contributed by atoms with E-state index in [1.807, 2.05) is 30.3 Å². The molecular weight excluding hydrogens is 216 g/mol. The maximum Gasteiger partial charge on any atom is 0.235 e. The van der Waals surface area contributed by atoms with Gasteiger partial charge in [-0.2, -0.15) is 0 Å². The first kappa shape index (κ1) is 9.90. The fraction of sp³-hybridized carbons (Fsp3) is 0.0714. The van der Waals surface area contributed by atoms with E-state index in [0.717, 1.165) is 10.8 Å². The van der Waals surface area contributed by atoms with Gasteiger partial charge >= 0.3 is 0 Å². The molecular formula is C14H10O3. The van der Waals surface area contributed by atoms with Crippen LogP contribution in [0.25, 0.3) is 21.7 Å². The Morgan fingerprint density at radius 3 is 2.76 bits per heavy atom. The molecule has 3 rings (SSSR count). The lowest BCUT2D eigenvalue weighted by molar-refractivity contribution is 0.394. The van der Waals surface area contributed by atoms with Crippen LogP contribution in [-0.4, -0.2) is 7.11 Å². The van der Waals surface area contributed by atoms with E-state index < -0.39 is 0 Å². The van der Waals surface area contributed by atoms with Crippen molar-refractivity contribution in [2.45, 2.75) is 0 Å². The molecule has 0 saturated heterocycles. The molecule has 0 atom stereocenters. The van der Waals surface area contributed by atoms with Crippen LogP contribution in [0.1, 0.15) is 0 Å². The summed E-state index contributed by atoms with van der Waals surface area (Å²) in [6.07, 6.45) is 1.35. The normalized spacial score (nSPS) is 10.9. The Balaban J connectivity index is 2.60. The number of rotatable bonds is 1. The number of fused-ring (bicyclic) bond motifs is 3. The monoisotopic (exact) mass is 226 g/mol. The molecule has 3 aromatic rings. The van der Waals surface area contributed by atoms with Gasteiger partial charge in [-0.15, -0.1) is 0 Å². The SMILES string of the molecule is COc1coc2ccc3ccccc3c2c1=O. The van der Waals surface area contributed by atoms with Gasteiger partial charge in [0.2, 0.25) is 11.2 Å². The van der Waals surface area contributed by atoms with Crippen LogP contribution >= 0.6 is 0 Å². The van der Waals surface area contributed by atoms with Gasteiger partial charge in [-0.25, -0.2) is 0 Å². The second-order valence-electron chi connectivity index (χ2n) is 3.79. The van der Waals surface area contributed by atoms with Crippen LogP contribution in [0.3, 0.4) is 0 Å². The molecule has 0 aliphatic rings. The van der Waals surface area contributed by atoms with Gasteiger partial charge in [0.15, 0.2) is 0 Å². The third-order valence-corrected chi connectivity index (χ3v) is 2.85. The van der Waals surface area contributed by atoms with Gasteiger partial charge in [0.25, 0.3) is 0 Å². The summed E-state index contributed by atoms with van der Waals surface area (Å²) in [7, 11) is 1.46. The maximum atomic E-state index is 12.2. The predicted molar refractivity (Wildman–Crippen MR) is 66.5 cm³/mol. The van der Waals surface area contributed by atoms with Gasteiger partial charge in [-0.1, -0.05) is 30.3 Å². The van der Waals surface area contributed by atoms with E-state index in [9.17, 15) is 4.79 Å². The minimum absolute atomic E-state index is 0.134. The van der Waals surface area contributed by atoms with Crippen molar-refractivity contribution in [1.82, 2.24) is 0 Å². The highest BCUT2D eigenvalue weighted by Gasteiger charge is 2.09. The third-order valence-electron chi connectivity index (χ3n) is 2.85. The van der Waals surface area contributed by atoms with Gasteiger partial charge in [-0.3, -0.25) is 4.79 Å². The Morgan fingerprint density at radius 2 is 1.94 bits per heavy atom. The van der Waals surface area contributed by atoms with Crippen LogP contribution in [0.2, 0.25) is 0 Å². The van der Waals surface area contributed by atoms with E-state index >= 15 is 0 Å². The van der Waals surface area contributed by atoms with Crippen LogP contribution in [0.15, 0.2) is 51.9 Å². The van der Waals surface area contributed by atoms with Crippen LogP contribution < -0.4 is 10.2 Å². The maximum absolute atomic E-state index is 12.2. The Bertz CT molecular complexity index is 756. The van der Waals surface area contributed by atoms with Crippen LogP contribution in [0, 0.1) is 0 Å². The molecule has 84 valence electrons. The number of hydrogen-bond donors (Lipinski definition) is 0. The topological polar surface area (TPSA) is 39.4 Å². The van der Waals surface area contributed by atoms with E-state index in [1.165, 1.54) is 13.4 Å². The highest BCUT2D eigenvalue weighted by molar-refractivity contribution is 6.05. The standard InChI is InChI=1S/C14H10O3/c1-16-12-8-17-11-7-6-9-4-2-3-5-10(9)13(11)14(12)15/h2-8H,1H3. The van der Waals surface area contributed by atoms with E-state index in [2.05, 4.69) is 0 Å². The fourth-order valence-corrected chi connectivity index (χ4v) is 2.02. The van der Waals surface area contributed by atoms with Gasteiger partial charge in [0.05, 0.1) is 12.5 Å². The molecule has 1 aromatic heterocycles. The Hall–Kier alpha value is -2.29. The molecule has 0 aliphatic carbocycles. The Kier molecular flexibility index (Phi) is 2.11. The van der Waals surface area contributed by atoms with E-state index in [0.29, 0.717) is 11.0 Å². The summed E-state index contributed by atoms with van der Waals surface area (Å²) < 4.78 is 10.4. The second-order valence-corrected chi connectivity index (χ2v) is 3.79. The summed E-state index contributed by atoms with van der Waals surface area (Å²) in [6, 6.07) is 11.5. The molecule has 3 nitrogen and oxygen atoms in total. The predicted octanol–water partition coefficient (Wildman–Crippen LogP) is 2.95. The van der Waals surface area contributed by atoms with Crippen molar-refractivity contribution in [3.8, 4) is 5.75 Å². The summed E-state index contributed by atoms with van der Waals surface area (Å²) in [4.78, 5) is 12.2. The van der Waals surface area contributed by atoms with Crippen molar-refractivity contribution < 1.29 is 9.15 Å². The van der Waals surface area contributed by atoms with Gasteiger partial charge in [0.1, 0.15) is 11.8 Å². The van der Waals surface area contributed by atoms with Gasteiger partial charge in [-0.05, 0) is 16.8 Å². The summed E-state index contributed by atoms with van der Waals surface area (Å²) in [5.41, 5.74) is 0.444. The smallest absolute Gasteiger partial charge is 0.235 e. The van der Waals surface area contributed by atoms with E-state index in [4.69, 9.17) is 9.15 Å². The minimum atomic E-state index is -0.134. The van der Waals surface area contributed by atoms with Crippen LogP contribution in [-0.2, 0) is 0 Å². The van der Waals surface area contributed by atoms with Crippen molar-refractivity contribution >= 4 is 21.7 Å². The van der Waals surface area contributed by atoms with E-state index in [-0.39, 0.29) is 11.2 Å². The zero-order chi connectivity index (χ0) is 11.8. The highest BCUT2D eigenvalue weighted by Crippen LogP contribution is 2.24. The average Bonchev–Trinajstić information content (AvgIpc) is 2.38. The zero-order valence-corrected chi connectivity index (χ0v) is 9.27. The largest absolute Gasteiger partial charge is 0.490 e. The third kappa shape index (κ3) is 1.40. The molecule has 0 fully saturated rings. The first-order chi connectivity index (χ1) is 8.31. The first-order valence-electron chi connectivity index (χ1n) is 5.28. The number of ether oxygens (including phenoxy) is 1. The van der Waals surface area contributed by atoms with Crippen molar-refractivity contribution in [3.05, 3.63) is 52.9 Å². The molecule has 0 saturated carbocycles. The summed E-state index contributed by atoms with van der Waals surface area (Å²) in [5.74, 6) is 0.230. The van der Waals surface area contributed by atoms with E-state index in [1.54, 1.807) is 6.07 Å².